The monoisotopic (exact) mass is 491 g/mol. The molecular weight excluding hydrogens is 478 g/mol. The van der Waals surface area contributed by atoms with E-state index in [9.17, 15) is 20.2 Å². The molecule has 2 rings (SSSR count). The van der Waals surface area contributed by atoms with Crippen molar-refractivity contribution in [1.82, 2.24) is 0 Å². The fourth-order valence-corrected chi connectivity index (χ4v) is 3.07. The molecule has 1 amide bonds. The fourth-order valence-electron chi connectivity index (χ4n) is 2.33. The number of amides is 1. The first-order chi connectivity index (χ1) is 14.3. The molecule has 0 fully saturated rings. The SMILES string of the molecule is C=CCOc1c(Br)cc(/C=C(\C#N)C(=O)Nc2cc([N+](=O)[O-])ccc2Cl)cc1OC. The van der Waals surface area contributed by atoms with E-state index in [1.807, 2.05) is 0 Å². The summed E-state index contributed by atoms with van der Waals surface area (Å²) >= 11 is 9.36. The zero-order valence-corrected chi connectivity index (χ0v) is 18.0. The van der Waals surface area contributed by atoms with Crippen molar-refractivity contribution in [1.29, 1.82) is 5.26 Å². The first-order valence-electron chi connectivity index (χ1n) is 8.29. The molecule has 0 aliphatic heterocycles. The zero-order valence-electron chi connectivity index (χ0n) is 15.6. The molecule has 0 bridgehead atoms. The lowest BCUT2D eigenvalue weighted by atomic mass is 10.1. The largest absolute Gasteiger partial charge is 0.493 e. The highest BCUT2D eigenvalue weighted by molar-refractivity contribution is 9.10. The van der Waals surface area contributed by atoms with Crippen molar-refractivity contribution in [3.63, 3.8) is 0 Å². The van der Waals surface area contributed by atoms with Crippen molar-refractivity contribution in [3.05, 3.63) is 73.7 Å². The molecule has 2 aromatic carbocycles. The van der Waals surface area contributed by atoms with Crippen molar-refractivity contribution in [3.8, 4) is 17.6 Å². The van der Waals surface area contributed by atoms with E-state index in [1.54, 1.807) is 24.3 Å². The lowest BCUT2D eigenvalue weighted by Gasteiger charge is -2.12. The number of nitro groups is 1. The van der Waals surface area contributed by atoms with Gasteiger partial charge in [0.25, 0.3) is 11.6 Å². The van der Waals surface area contributed by atoms with E-state index in [-0.39, 0.29) is 28.6 Å². The van der Waals surface area contributed by atoms with Crippen molar-refractivity contribution in [2.75, 3.05) is 19.0 Å². The Morgan fingerprint density at radius 3 is 2.77 bits per heavy atom. The molecule has 0 heterocycles. The standard InChI is InChI=1S/C20H15BrClN3O5/c1-3-6-30-19-15(21)8-12(9-18(19)29-2)7-13(11-23)20(26)24-17-10-14(25(27)28)4-5-16(17)22/h3-5,7-10H,1,6H2,2H3,(H,24,26)/b13-7+. The number of nitriles is 1. The number of anilines is 1. The zero-order chi connectivity index (χ0) is 22.3. The molecule has 0 aromatic heterocycles. The Morgan fingerprint density at radius 1 is 1.43 bits per heavy atom. The minimum absolute atomic E-state index is 0.0175. The molecule has 0 atom stereocenters. The first-order valence-corrected chi connectivity index (χ1v) is 9.46. The summed E-state index contributed by atoms with van der Waals surface area (Å²) in [5.41, 5.74) is 0.0118. The second-order valence-corrected chi connectivity index (χ2v) is 6.94. The van der Waals surface area contributed by atoms with Crippen LogP contribution in [0.1, 0.15) is 5.56 Å². The van der Waals surface area contributed by atoms with Gasteiger partial charge >= 0.3 is 0 Å². The van der Waals surface area contributed by atoms with E-state index in [0.717, 1.165) is 6.07 Å². The third-order valence-corrected chi connectivity index (χ3v) is 4.60. The van der Waals surface area contributed by atoms with Crippen LogP contribution in [-0.4, -0.2) is 24.5 Å². The minimum atomic E-state index is -0.776. The Bertz CT molecular complexity index is 1080. The van der Waals surface area contributed by atoms with Crippen LogP contribution in [0.15, 0.2) is 53.0 Å². The van der Waals surface area contributed by atoms with Gasteiger partial charge in [0.05, 0.1) is 27.2 Å². The maximum atomic E-state index is 12.5. The fraction of sp³-hybridized carbons (Fsp3) is 0.100. The van der Waals surface area contributed by atoms with Gasteiger partial charge in [-0.2, -0.15) is 5.26 Å². The van der Waals surface area contributed by atoms with E-state index < -0.39 is 10.8 Å². The molecule has 0 spiro atoms. The summed E-state index contributed by atoms with van der Waals surface area (Å²) in [6, 6.07) is 8.65. The Labute approximate surface area is 185 Å². The molecule has 2 aromatic rings. The van der Waals surface area contributed by atoms with Crippen LogP contribution in [0.5, 0.6) is 11.5 Å². The Hall–Kier alpha value is -3.35. The number of rotatable bonds is 8. The number of nitrogens with one attached hydrogen (secondary N) is 1. The first kappa shape index (κ1) is 22.9. The average Bonchev–Trinajstić information content (AvgIpc) is 2.72. The van der Waals surface area contributed by atoms with Gasteiger partial charge in [0.1, 0.15) is 18.2 Å². The number of carbonyl (C=O) groups excluding carboxylic acids is 1. The number of ether oxygens (including phenoxy) is 2. The third-order valence-electron chi connectivity index (χ3n) is 3.68. The number of hydrogen-bond acceptors (Lipinski definition) is 6. The number of nitro benzene ring substituents is 1. The predicted molar refractivity (Wildman–Crippen MR) is 117 cm³/mol. The Balaban J connectivity index is 2.35. The van der Waals surface area contributed by atoms with Crippen LogP contribution in [-0.2, 0) is 4.79 Å². The lowest BCUT2D eigenvalue weighted by molar-refractivity contribution is -0.384. The van der Waals surface area contributed by atoms with Gasteiger partial charge in [0.15, 0.2) is 11.5 Å². The summed E-state index contributed by atoms with van der Waals surface area (Å²) in [6.45, 7) is 3.85. The maximum Gasteiger partial charge on any atom is 0.271 e. The number of hydrogen-bond donors (Lipinski definition) is 1. The van der Waals surface area contributed by atoms with Crippen molar-refractivity contribution < 1.29 is 19.2 Å². The highest BCUT2D eigenvalue weighted by Gasteiger charge is 2.16. The van der Waals surface area contributed by atoms with Crippen LogP contribution < -0.4 is 14.8 Å². The van der Waals surface area contributed by atoms with Gasteiger partial charge in [-0.15, -0.1) is 0 Å². The summed E-state index contributed by atoms with van der Waals surface area (Å²) < 4.78 is 11.4. The summed E-state index contributed by atoms with van der Waals surface area (Å²) in [6.07, 6.45) is 2.92. The average molecular weight is 493 g/mol. The highest BCUT2D eigenvalue weighted by atomic mass is 79.9. The summed E-state index contributed by atoms with van der Waals surface area (Å²) in [5, 5.41) is 22.8. The van der Waals surface area contributed by atoms with E-state index in [1.165, 1.54) is 25.3 Å². The number of halogens is 2. The van der Waals surface area contributed by atoms with Crippen LogP contribution in [0.4, 0.5) is 11.4 Å². The summed E-state index contributed by atoms with van der Waals surface area (Å²) in [7, 11) is 1.46. The van der Waals surface area contributed by atoms with Crippen molar-refractivity contribution in [2.24, 2.45) is 0 Å². The molecule has 0 radical (unpaired) electrons. The Kier molecular flexibility index (Phi) is 7.98. The second-order valence-electron chi connectivity index (χ2n) is 5.68. The van der Waals surface area contributed by atoms with Gasteiger partial charge in [0, 0.05) is 12.1 Å². The lowest BCUT2D eigenvalue weighted by Crippen LogP contribution is -2.14. The summed E-state index contributed by atoms with van der Waals surface area (Å²) in [4.78, 5) is 22.8. The van der Waals surface area contributed by atoms with Crippen LogP contribution >= 0.6 is 27.5 Å². The number of methoxy groups -OCH3 is 1. The number of benzene rings is 2. The number of non-ortho nitro benzene ring substituents is 1. The maximum absolute atomic E-state index is 12.5. The molecule has 8 nitrogen and oxygen atoms in total. The third kappa shape index (κ3) is 5.59. The molecule has 10 heteroatoms. The highest BCUT2D eigenvalue weighted by Crippen LogP contribution is 2.37. The summed E-state index contributed by atoms with van der Waals surface area (Å²) in [5.74, 6) is 0.0553. The molecule has 0 saturated carbocycles. The van der Waals surface area contributed by atoms with E-state index in [2.05, 4.69) is 27.8 Å². The Morgan fingerprint density at radius 2 is 2.17 bits per heavy atom. The molecule has 1 N–H and O–H groups in total. The van der Waals surface area contributed by atoms with E-state index in [0.29, 0.717) is 21.5 Å². The molecule has 0 unspecified atom stereocenters. The molecule has 0 aliphatic carbocycles. The van der Waals surface area contributed by atoms with Gasteiger partial charge in [-0.25, -0.2) is 0 Å². The molecule has 30 heavy (non-hydrogen) atoms. The van der Waals surface area contributed by atoms with Gasteiger partial charge < -0.3 is 14.8 Å². The predicted octanol–water partition coefficient (Wildman–Crippen LogP) is 5.13. The van der Waals surface area contributed by atoms with Gasteiger partial charge in [-0.1, -0.05) is 24.3 Å². The van der Waals surface area contributed by atoms with Crippen LogP contribution in [0, 0.1) is 21.4 Å². The van der Waals surface area contributed by atoms with Crippen LogP contribution in [0.3, 0.4) is 0 Å². The van der Waals surface area contributed by atoms with Gasteiger partial charge in [-0.3, -0.25) is 14.9 Å². The molecular formula is C20H15BrClN3O5. The van der Waals surface area contributed by atoms with Gasteiger partial charge in [0.2, 0.25) is 0 Å². The minimum Gasteiger partial charge on any atom is -0.493 e. The number of carbonyl (C=O) groups is 1. The van der Waals surface area contributed by atoms with Crippen LogP contribution in [0.25, 0.3) is 6.08 Å². The molecule has 0 saturated heterocycles. The normalized spacial score (nSPS) is 10.7. The second kappa shape index (κ2) is 10.4. The van der Waals surface area contributed by atoms with Crippen LogP contribution in [0.2, 0.25) is 5.02 Å². The van der Waals surface area contributed by atoms with Gasteiger partial charge in [-0.05, 0) is 45.8 Å². The van der Waals surface area contributed by atoms with Crippen molar-refractivity contribution >= 4 is 50.9 Å². The quantitative estimate of drug-likeness (QED) is 0.180. The number of nitrogens with zero attached hydrogens (tertiary/aromatic N) is 2. The smallest absolute Gasteiger partial charge is 0.271 e. The van der Waals surface area contributed by atoms with E-state index >= 15 is 0 Å². The van der Waals surface area contributed by atoms with Crippen molar-refractivity contribution in [2.45, 2.75) is 0 Å². The van der Waals surface area contributed by atoms with E-state index in [4.69, 9.17) is 21.1 Å². The topological polar surface area (TPSA) is 114 Å². The molecule has 154 valence electrons. The molecule has 0 aliphatic rings.